The highest BCUT2D eigenvalue weighted by Crippen LogP contribution is 2.26. The van der Waals surface area contributed by atoms with Crippen molar-refractivity contribution in [1.29, 1.82) is 0 Å². The van der Waals surface area contributed by atoms with Gasteiger partial charge in [-0.3, -0.25) is 0 Å². The van der Waals surface area contributed by atoms with Crippen molar-refractivity contribution >= 4 is 23.2 Å². The molecule has 18 heavy (non-hydrogen) atoms. The van der Waals surface area contributed by atoms with Crippen LogP contribution in [0.1, 0.15) is 5.89 Å². The van der Waals surface area contributed by atoms with Crippen LogP contribution in [0.25, 0.3) is 11.5 Å². The fourth-order valence-electron chi connectivity index (χ4n) is 1.75. The number of aromatic nitrogens is 3. The van der Waals surface area contributed by atoms with Crippen LogP contribution in [0.5, 0.6) is 0 Å². The Morgan fingerprint density at radius 2 is 2.22 bits per heavy atom. The molecule has 1 N–H and O–H groups in total. The Morgan fingerprint density at radius 3 is 2.89 bits per heavy atom. The van der Waals surface area contributed by atoms with Gasteiger partial charge in [-0.2, -0.15) is 4.98 Å². The van der Waals surface area contributed by atoms with E-state index in [2.05, 4.69) is 20.4 Å². The average Bonchev–Trinajstić information content (AvgIpc) is 2.72. The van der Waals surface area contributed by atoms with Crippen LogP contribution in [-0.4, -0.2) is 28.2 Å². The number of hydrogen-bond acceptors (Lipinski definition) is 5. The van der Waals surface area contributed by atoms with Crippen molar-refractivity contribution in [3.8, 4) is 11.5 Å². The molecule has 0 unspecified atom stereocenters. The third-order valence-electron chi connectivity index (χ3n) is 2.82. The van der Waals surface area contributed by atoms with E-state index >= 15 is 0 Å². The number of nitrogens with zero attached hydrogens (tertiary/aromatic N) is 3. The highest BCUT2D eigenvalue weighted by molar-refractivity contribution is 6.35. The first-order valence-corrected chi connectivity index (χ1v) is 6.32. The number of nitrogens with one attached hydrogen (secondary N) is 1. The van der Waals surface area contributed by atoms with Crippen LogP contribution in [0.4, 0.5) is 0 Å². The Labute approximate surface area is 114 Å². The molecular weight excluding hydrogens is 275 g/mol. The second-order valence-electron chi connectivity index (χ2n) is 4.22. The minimum absolute atomic E-state index is 0.402. The van der Waals surface area contributed by atoms with Gasteiger partial charge in [-0.1, -0.05) is 28.4 Å². The topological polar surface area (TPSA) is 63.8 Å². The van der Waals surface area contributed by atoms with Crippen LogP contribution in [-0.2, 0) is 6.42 Å². The zero-order chi connectivity index (χ0) is 12.5. The van der Waals surface area contributed by atoms with Gasteiger partial charge in [-0.25, -0.2) is 4.98 Å². The summed E-state index contributed by atoms with van der Waals surface area (Å²) in [6.45, 7) is 2.00. The Kier molecular flexibility index (Phi) is 3.20. The van der Waals surface area contributed by atoms with Crippen molar-refractivity contribution < 1.29 is 4.52 Å². The van der Waals surface area contributed by atoms with Crippen molar-refractivity contribution in [2.75, 3.05) is 13.1 Å². The average molecular weight is 285 g/mol. The number of pyridine rings is 1. The smallest absolute Gasteiger partial charge is 0.227 e. The third-order valence-corrected chi connectivity index (χ3v) is 3.31. The second-order valence-corrected chi connectivity index (χ2v) is 5.07. The second kappa shape index (κ2) is 4.84. The molecule has 1 fully saturated rings. The molecule has 0 bridgehead atoms. The van der Waals surface area contributed by atoms with Crippen LogP contribution >= 0.6 is 23.2 Å². The lowest BCUT2D eigenvalue weighted by Gasteiger charge is -2.25. The summed E-state index contributed by atoms with van der Waals surface area (Å²) in [5.74, 6) is 1.59. The van der Waals surface area contributed by atoms with Gasteiger partial charge in [0.2, 0.25) is 11.7 Å². The predicted molar refractivity (Wildman–Crippen MR) is 67.6 cm³/mol. The Balaban J connectivity index is 1.83. The van der Waals surface area contributed by atoms with Crippen LogP contribution in [0, 0.1) is 5.92 Å². The molecule has 2 aromatic heterocycles. The summed E-state index contributed by atoms with van der Waals surface area (Å²) in [6.07, 6.45) is 2.29. The van der Waals surface area contributed by atoms with E-state index in [0.717, 1.165) is 19.5 Å². The molecule has 0 radical (unpaired) electrons. The van der Waals surface area contributed by atoms with Crippen molar-refractivity contribution in [3.05, 3.63) is 28.2 Å². The third kappa shape index (κ3) is 2.34. The Bertz CT molecular complexity index is 568. The fourth-order valence-corrected chi connectivity index (χ4v) is 2.22. The van der Waals surface area contributed by atoms with E-state index in [-0.39, 0.29) is 0 Å². The summed E-state index contributed by atoms with van der Waals surface area (Å²) in [7, 11) is 0. The maximum atomic E-state index is 6.04. The summed E-state index contributed by atoms with van der Waals surface area (Å²) in [4.78, 5) is 8.41. The summed E-state index contributed by atoms with van der Waals surface area (Å²) in [5.41, 5.74) is 0.489. The molecule has 2 aromatic rings. The number of halogens is 2. The molecule has 94 valence electrons. The summed E-state index contributed by atoms with van der Waals surface area (Å²) in [5, 5.41) is 7.99. The van der Waals surface area contributed by atoms with Gasteiger partial charge in [0.05, 0.1) is 10.0 Å². The normalized spacial score (nSPS) is 15.7. The van der Waals surface area contributed by atoms with E-state index in [1.807, 2.05) is 0 Å². The lowest BCUT2D eigenvalue weighted by Crippen LogP contribution is -2.43. The van der Waals surface area contributed by atoms with Gasteiger partial charge in [0.1, 0.15) is 5.69 Å². The first kappa shape index (κ1) is 11.9. The monoisotopic (exact) mass is 284 g/mol. The zero-order valence-electron chi connectivity index (χ0n) is 9.36. The summed E-state index contributed by atoms with van der Waals surface area (Å²) >= 11 is 11.8. The predicted octanol–water partition coefficient (Wildman–Crippen LogP) is 2.20. The molecule has 3 heterocycles. The molecule has 0 spiro atoms. The SMILES string of the molecule is Clc1cnc(-c2noc(CC3CNC3)n2)c(Cl)c1. The van der Waals surface area contributed by atoms with Crippen molar-refractivity contribution in [3.63, 3.8) is 0 Å². The van der Waals surface area contributed by atoms with E-state index in [4.69, 9.17) is 27.7 Å². The lowest BCUT2D eigenvalue weighted by molar-refractivity contribution is 0.296. The van der Waals surface area contributed by atoms with Gasteiger partial charge < -0.3 is 9.84 Å². The molecule has 5 nitrogen and oxygen atoms in total. The number of rotatable bonds is 3. The summed E-state index contributed by atoms with van der Waals surface area (Å²) in [6, 6.07) is 1.61. The molecule has 0 saturated carbocycles. The van der Waals surface area contributed by atoms with E-state index < -0.39 is 0 Å². The van der Waals surface area contributed by atoms with E-state index in [1.54, 1.807) is 6.07 Å². The van der Waals surface area contributed by atoms with E-state index in [1.165, 1.54) is 6.20 Å². The van der Waals surface area contributed by atoms with Crippen LogP contribution in [0.2, 0.25) is 10.0 Å². The minimum atomic E-state index is 0.402. The first-order chi connectivity index (χ1) is 8.72. The molecule has 1 saturated heterocycles. The van der Waals surface area contributed by atoms with Crippen LogP contribution < -0.4 is 5.32 Å². The molecule has 0 amide bonds. The van der Waals surface area contributed by atoms with Gasteiger partial charge in [0.25, 0.3) is 0 Å². The minimum Gasteiger partial charge on any atom is -0.339 e. The van der Waals surface area contributed by atoms with Crippen molar-refractivity contribution in [1.82, 2.24) is 20.4 Å². The zero-order valence-corrected chi connectivity index (χ0v) is 10.9. The number of hydrogen-bond donors (Lipinski definition) is 1. The lowest BCUT2D eigenvalue weighted by atomic mass is 10.00. The molecule has 1 aliphatic rings. The molecule has 0 aromatic carbocycles. The van der Waals surface area contributed by atoms with Gasteiger partial charge in [0.15, 0.2) is 0 Å². The standard InChI is InChI=1S/C11H10Cl2N4O/c12-7-2-8(13)10(15-5-7)11-16-9(18-17-11)1-6-3-14-4-6/h2,5-6,14H,1,3-4H2. The van der Waals surface area contributed by atoms with Crippen molar-refractivity contribution in [2.45, 2.75) is 6.42 Å². The van der Waals surface area contributed by atoms with Gasteiger partial charge in [-0.15, -0.1) is 0 Å². The maximum absolute atomic E-state index is 6.04. The van der Waals surface area contributed by atoms with Crippen LogP contribution in [0.3, 0.4) is 0 Å². The molecular formula is C11H10Cl2N4O. The maximum Gasteiger partial charge on any atom is 0.227 e. The molecule has 1 aliphatic heterocycles. The van der Waals surface area contributed by atoms with E-state index in [0.29, 0.717) is 33.4 Å². The summed E-state index contributed by atoms with van der Waals surface area (Å²) < 4.78 is 5.19. The van der Waals surface area contributed by atoms with Gasteiger partial charge in [-0.05, 0) is 25.1 Å². The highest BCUT2D eigenvalue weighted by Gasteiger charge is 2.21. The largest absolute Gasteiger partial charge is 0.339 e. The van der Waals surface area contributed by atoms with Gasteiger partial charge in [0, 0.05) is 12.6 Å². The Morgan fingerprint density at radius 1 is 1.39 bits per heavy atom. The van der Waals surface area contributed by atoms with Crippen molar-refractivity contribution in [2.24, 2.45) is 5.92 Å². The highest BCUT2D eigenvalue weighted by atomic mass is 35.5. The van der Waals surface area contributed by atoms with Crippen LogP contribution in [0.15, 0.2) is 16.8 Å². The molecule has 0 aliphatic carbocycles. The quantitative estimate of drug-likeness (QED) is 0.936. The molecule has 0 atom stereocenters. The Hall–Kier alpha value is -1.17. The first-order valence-electron chi connectivity index (χ1n) is 5.57. The fraction of sp³-hybridized carbons (Fsp3) is 0.364. The molecule has 3 rings (SSSR count). The van der Waals surface area contributed by atoms with E-state index in [9.17, 15) is 0 Å². The molecule has 7 heteroatoms. The van der Waals surface area contributed by atoms with Gasteiger partial charge >= 0.3 is 0 Å².